The Labute approximate surface area is 140 Å². The molecule has 122 valence electrons. The molecule has 0 bridgehead atoms. The molecular formula is C19H20N4O. The lowest BCUT2D eigenvalue weighted by atomic mass is 10.1. The summed E-state index contributed by atoms with van der Waals surface area (Å²) < 4.78 is 0. The third kappa shape index (κ3) is 2.77. The molecule has 1 aliphatic rings. The van der Waals surface area contributed by atoms with Crippen molar-refractivity contribution < 1.29 is 4.79 Å². The van der Waals surface area contributed by atoms with Crippen LogP contribution in [-0.4, -0.2) is 32.3 Å². The fourth-order valence-corrected chi connectivity index (χ4v) is 3.43. The number of H-pyrrole nitrogens is 1. The van der Waals surface area contributed by atoms with Gasteiger partial charge in [-0.05, 0) is 49.1 Å². The van der Waals surface area contributed by atoms with Gasteiger partial charge < -0.3 is 9.88 Å². The van der Waals surface area contributed by atoms with Crippen LogP contribution in [0.2, 0.25) is 0 Å². The van der Waals surface area contributed by atoms with Gasteiger partial charge in [-0.1, -0.05) is 12.1 Å². The number of nitrogens with one attached hydrogen (secondary N) is 1. The Kier molecular flexibility index (Phi) is 3.76. The van der Waals surface area contributed by atoms with Crippen molar-refractivity contribution in [1.82, 2.24) is 19.9 Å². The van der Waals surface area contributed by atoms with Crippen LogP contribution in [-0.2, 0) is 11.2 Å². The van der Waals surface area contributed by atoms with Crippen LogP contribution in [0.3, 0.4) is 0 Å². The molecule has 0 spiro atoms. The maximum absolute atomic E-state index is 12.7. The second-order valence-electron chi connectivity index (χ2n) is 6.43. The largest absolute Gasteiger partial charge is 0.340 e. The van der Waals surface area contributed by atoms with Gasteiger partial charge in [-0.15, -0.1) is 0 Å². The summed E-state index contributed by atoms with van der Waals surface area (Å²) in [6.45, 7) is 2.86. The molecular weight excluding hydrogens is 300 g/mol. The second-order valence-corrected chi connectivity index (χ2v) is 6.43. The number of rotatable bonds is 3. The molecule has 0 radical (unpaired) electrons. The number of imidazole rings is 1. The van der Waals surface area contributed by atoms with Crippen LogP contribution >= 0.6 is 0 Å². The molecule has 1 N–H and O–H groups in total. The number of fused-ring (bicyclic) bond motifs is 1. The van der Waals surface area contributed by atoms with E-state index in [4.69, 9.17) is 4.98 Å². The van der Waals surface area contributed by atoms with E-state index in [9.17, 15) is 4.79 Å². The van der Waals surface area contributed by atoms with Crippen LogP contribution in [0.5, 0.6) is 0 Å². The first-order valence-corrected chi connectivity index (χ1v) is 8.35. The van der Waals surface area contributed by atoms with Crippen molar-refractivity contribution in [3.63, 3.8) is 0 Å². The summed E-state index contributed by atoms with van der Waals surface area (Å²) >= 11 is 0. The first-order valence-electron chi connectivity index (χ1n) is 8.35. The molecule has 24 heavy (non-hydrogen) atoms. The van der Waals surface area contributed by atoms with Gasteiger partial charge in [0.25, 0.3) is 0 Å². The van der Waals surface area contributed by atoms with E-state index >= 15 is 0 Å². The zero-order valence-corrected chi connectivity index (χ0v) is 13.7. The molecule has 5 heteroatoms. The van der Waals surface area contributed by atoms with Gasteiger partial charge in [0.05, 0.1) is 23.5 Å². The number of nitrogens with zero attached hydrogens (tertiary/aromatic N) is 3. The van der Waals surface area contributed by atoms with Crippen LogP contribution in [0.15, 0.2) is 42.7 Å². The van der Waals surface area contributed by atoms with Crippen molar-refractivity contribution in [3.05, 3.63) is 59.7 Å². The summed E-state index contributed by atoms with van der Waals surface area (Å²) in [5.41, 5.74) is 4.15. The topological polar surface area (TPSA) is 61.9 Å². The van der Waals surface area contributed by atoms with Crippen LogP contribution in [0, 0.1) is 6.92 Å². The highest BCUT2D eigenvalue weighted by Gasteiger charge is 2.31. The third-order valence-electron chi connectivity index (χ3n) is 4.62. The van der Waals surface area contributed by atoms with Crippen molar-refractivity contribution in [2.24, 2.45) is 0 Å². The Balaban J connectivity index is 1.58. The number of pyridine rings is 1. The molecule has 3 heterocycles. The Morgan fingerprint density at radius 2 is 2.29 bits per heavy atom. The van der Waals surface area contributed by atoms with Crippen molar-refractivity contribution >= 4 is 16.9 Å². The fourth-order valence-electron chi connectivity index (χ4n) is 3.43. The van der Waals surface area contributed by atoms with Gasteiger partial charge in [0.1, 0.15) is 5.82 Å². The van der Waals surface area contributed by atoms with Crippen molar-refractivity contribution in [2.45, 2.75) is 32.2 Å². The molecule has 5 nitrogen and oxygen atoms in total. The monoisotopic (exact) mass is 320 g/mol. The van der Waals surface area contributed by atoms with E-state index in [2.05, 4.69) is 29.0 Å². The Hall–Kier alpha value is -2.69. The lowest BCUT2D eigenvalue weighted by Gasteiger charge is -2.23. The molecule has 0 unspecified atom stereocenters. The number of benzene rings is 1. The number of hydrogen-bond acceptors (Lipinski definition) is 3. The summed E-state index contributed by atoms with van der Waals surface area (Å²) in [5, 5.41) is 0. The molecule has 2 aromatic heterocycles. The summed E-state index contributed by atoms with van der Waals surface area (Å²) in [5.74, 6) is 1.04. The normalized spacial score (nSPS) is 17.5. The van der Waals surface area contributed by atoms with E-state index in [1.165, 1.54) is 5.56 Å². The van der Waals surface area contributed by atoms with E-state index in [1.807, 2.05) is 23.1 Å². The minimum absolute atomic E-state index is 0.0434. The molecule has 1 aliphatic heterocycles. The number of carbonyl (C=O) groups excluding carboxylic acids is 1. The van der Waals surface area contributed by atoms with Crippen molar-refractivity contribution in [3.8, 4) is 0 Å². The van der Waals surface area contributed by atoms with E-state index in [0.29, 0.717) is 6.42 Å². The Morgan fingerprint density at radius 1 is 1.38 bits per heavy atom. The average molecular weight is 320 g/mol. The standard InChI is InChI=1S/C19H20N4O/c1-13-6-7-15-16(10-13)22-19(21-15)17-5-3-9-23(17)18(24)11-14-4-2-8-20-12-14/h2,4,6-8,10,12,17H,3,5,9,11H2,1H3,(H,21,22)/t17-/m0/s1. The zero-order chi connectivity index (χ0) is 16.5. The maximum Gasteiger partial charge on any atom is 0.227 e. The van der Waals surface area contributed by atoms with Crippen molar-refractivity contribution in [1.29, 1.82) is 0 Å². The number of likely N-dealkylation sites (tertiary alicyclic amines) is 1. The molecule has 0 aliphatic carbocycles. The summed E-state index contributed by atoms with van der Waals surface area (Å²) in [7, 11) is 0. The van der Waals surface area contributed by atoms with E-state index in [1.54, 1.807) is 12.4 Å². The number of aromatic amines is 1. The highest BCUT2D eigenvalue weighted by molar-refractivity contribution is 5.80. The lowest BCUT2D eigenvalue weighted by molar-refractivity contribution is -0.131. The summed E-state index contributed by atoms with van der Waals surface area (Å²) in [4.78, 5) is 26.9. The Bertz CT molecular complexity index is 871. The van der Waals surface area contributed by atoms with Gasteiger partial charge >= 0.3 is 0 Å². The SMILES string of the molecule is Cc1ccc2nc([C@@H]3CCCN3C(=O)Cc3cccnc3)[nH]c2c1. The lowest BCUT2D eigenvalue weighted by Crippen LogP contribution is -2.32. The summed E-state index contributed by atoms with van der Waals surface area (Å²) in [6.07, 6.45) is 5.84. The van der Waals surface area contributed by atoms with Gasteiger partial charge in [0.15, 0.2) is 0 Å². The number of aryl methyl sites for hydroxylation is 1. The molecule has 1 atom stereocenters. The fraction of sp³-hybridized carbons (Fsp3) is 0.316. The molecule has 4 rings (SSSR count). The van der Waals surface area contributed by atoms with Crippen LogP contribution < -0.4 is 0 Å². The number of carbonyl (C=O) groups is 1. The third-order valence-corrected chi connectivity index (χ3v) is 4.62. The van der Waals surface area contributed by atoms with E-state index < -0.39 is 0 Å². The van der Waals surface area contributed by atoms with Crippen LogP contribution in [0.4, 0.5) is 0 Å². The van der Waals surface area contributed by atoms with Gasteiger partial charge in [-0.2, -0.15) is 0 Å². The van der Waals surface area contributed by atoms with Gasteiger partial charge in [0, 0.05) is 18.9 Å². The van der Waals surface area contributed by atoms with Crippen LogP contribution in [0.1, 0.15) is 35.8 Å². The molecule has 3 aromatic rings. The molecule has 0 saturated carbocycles. The first kappa shape index (κ1) is 14.9. The predicted octanol–water partition coefficient (Wildman–Crippen LogP) is 3.17. The minimum atomic E-state index is 0.0434. The summed E-state index contributed by atoms with van der Waals surface area (Å²) in [6, 6.07) is 10.0. The van der Waals surface area contributed by atoms with Crippen LogP contribution in [0.25, 0.3) is 11.0 Å². The molecule has 1 amide bonds. The predicted molar refractivity (Wildman–Crippen MR) is 92.5 cm³/mol. The number of aromatic nitrogens is 3. The highest BCUT2D eigenvalue weighted by atomic mass is 16.2. The smallest absolute Gasteiger partial charge is 0.227 e. The number of hydrogen-bond donors (Lipinski definition) is 1. The quantitative estimate of drug-likeness (QED) is 0.806. The minimum Gasteiger partial charge on any atom is -0.340 e. The van der Waals surface area contributed by atoms with Crippen molar-refractivity contribution in [2.75, 3.05) is 6.54 Å². The Morgan fingerprint density at radius 3 is 3.12 bits per heavy atom. The van der Waals surface area contributed by atoms with E-state index in [0.717, 1.165) is 41.8 Å². The van der Waals surface area contributed by atoms with Gasteiger partial charge in [-0.3, -0.25) is 9.78 Å². The number of amides is 1. The molecule has 1 fully saturated rings. The average Bonchev–Trinajstić information content (AvgIpc) is 3.21. The van der Waals surface area contributed by atoms with Gasteiger partial charge in [0.2, 0.25) is 5.91 Å². The van der Waals surface area contributed by atoms with E-state index in [-0.39, 0.29) is 11.9 Å². The second kappa shape index (κ2) is 6.07. The highest BCUT2D eigenvalue weighted by Crippen LogP contribution is 2.32. The molecule has 1 saturated heterocycles. The molecule has 1 aromatic carbocycles. The first-order chi connectivity index (χ1) is 11.7. The maximum atomic E-state index is 12.7. The van der Waals surface area contributed by atoms with Gasteiger partial charge in [-0.25, -0.2) is 4.98 Å². The zero-order valence-electron chi connectivity index (χ0n) is 13.7.